The van der Waals surface area contributed by atoms with Crippen molar-refractivity contribution in [3.63, 3.8) is 0 Å². The second kappa shape index (κ2) is 6.43. The molecule has 2 aromatic carbocycles. The molecule has 0 bridgehead atoms. The minimum atomic E-state index is -0.413. The van der Waals surface area contributed by atoms with E-state index in [0.29, 0.717) is 12.2 Å². The Hall–Kier alpha value is -2.69. The third kappa shape index (κ3) is 3.30. The van der Waals surface area contributed by atoms with Gasteiger partial charge in [0.2, 0.25) is 11.8 Å². The molecule has 1 heterocycles. The lowest BCUT2D eigenvalue weighted by atomic mass is 10.1. The fourth-order valence-electron chi connectivity index (χ4n) is 2.82. The van der Waals surface area contributed by atoms with Crippen LogP contribution in [-0.4, -0.2) is 18.4 Å². The Morgan fingerprint density at radius 2 is 1.83 bits per heavy atom. The topological polar surface area (TPSA) is 49.4 Å². The Morgan fingerprint density at radius 1 is 1.12 bits per heavy atom. The number of aryl methyl sites for hydroxylation is 2. The molecule has 2 aromatic rings. The number of benzene rings is 2. The van der Waals surface area contributed by atoms with Crippen molar-refractivity contribution in [2.24, 2.45) is 5.92 Å². The van der Waals surface area contributed by atoms with Gasteiger partial charge in [-0.3, -0.25) is 9.59 Å². The molecule has 1 fully saturated rings. The van der Waals surface area contributed by atoms with Crippen molar-refractivity contribution >= 4 is 23.2 Å². The molecule has 1 unspecified atom stereocenters. The van der Waals surface area contributed by atoms with Crippen LogP contribution >= 0.6 is 0 Å². The van der Waals surface area contributed by atoms with Gasteiger partial charge in [0.15, 0.2) is 0 Å². The molecule has 0 aromatic heterocycles. The number of halogens is 1. The molecule has 0 aliphatic carbocycles. The number of rotatable bonds is 3. The molecule has 1 N–H and O–H groups in total. The molecule has 24 heavy (non-hydrogen) atoms. The lowest BCUT2D eigenvalue weighted by Crippen LogP contribution is -2.28. The van der Waals surface area contributed by atoms with Crippen molar-refractivity contribution in [3.8, 4) is 0 Å². The van der Waals surface area contributed by atoms with E-state index in [-0.39, 0.29) is 24.1 Å². The van der Waals surface area contributed by atoms with E-state index in [4.69, 9.17) is 0 Å². The number of hydrogen-bond donors (Lipinski definition) is 1. The van der Waals surface area contributed by atoms with Crippen LogP contribution in [0.25, 0.3) is 0 Å². The van der Waals surface area contributed by atoms with E-state index >= 15 is 0 Å². The Labute approximate surface area is 140 Å². The first-order valence-electron chi connectivity index (χ1n) is 7.88. The molecular formula is C19H19FN2O2. The van der Waals surface area contributed by atoms with Crippen LogP contribution in [0.3, 0.4) is 0 Å². The van der Waals surface area contributed by atoms with Crippen LogP contribution in [0.1, 0.15) is 17.5 Å². The smallest absolute Gasteiger partial charge is 0.229 e. The summed E-state index contributed by atoms with van der Waals surface area (Å²) in [5.41, 5.74) is 3.61. The maximum absolute atomic E-state index is 13.0. The van der Waals surface area contributed by atoms with Crippen molar-refractivity contribution in [1.29, 1.82) is 0 Å². The van der Waals surface area contributed by atoms with Gasteiger partial charge in [0, 0.05) is 24.3 Å². The van der Waals surface area contributed by atoms with E-state index in [1.165, 1.54) is 17.0 Å². The molecular weight excluding hydrogens is 307 g/mol. The average Bonchev–Trinajstić information content (AvgIpc) is 2.94. The number of anilines is 2. The van der Waals surface area contributed by atoms with Crippen molar-refractivity contribution in [2.75, 3.05) is 16.8 Å². The van der Waals surface area contributed by atoms with Crippen LogP contribution in [0.2, 0.25) is 0 Å². The van der Waals surface area contributed by atoms with Crippen LogP contribution in [0, 0.1) is 25.6 Å². The highest BCUT2D eigenvalue weighted by atomic mass is 19.1. The molecule has 2 amide bonds. The van der Waals surface area contributed by atoms with Gasteiger partial charge >= 0.3 is 0 Å². The van der Waals surface area contributed by atoms with Gasteiger partial charge in [0.25, 0.3) is 0 Å². The van der Waals surface area contributed by atoms with E-state index < -0.39 is 5.92 Å². The fourth-order valence-corrected chi connectivity index (χ4v) is 2.82. The second-order valence-electron chi connectivity index (χ2n) is 6.17. The Balaban J connectivity index is 1.69. The van der Waals surface area contributed by atoms with Crippen LogP contribution in [0.15, 0.2) is 42.5 Å². The highest BCUT2D eigenvalue weighted by Gasteiger charge is 2.35. The summed E-state index contributed by atoms with van der Waals surface area (Å²) in [5.74, 6) is -1.06. The minimum Gasteiger partial charge on any atom is -0.326 e. The molecule has 1 atom stereocenters. The molecule has 4 nitrogen and oxygen atoms in total. The Kier molecular flexibility index (Phi) is 4.34. The molecule has 1 aliphatic heterocycles. The lowest BCUT2D eigenvalue weighted by Gasteiger charge is -2.16. The van der Waals surface area contributed by atoms with E-state index in [0.717, 1.165) is 16.8 Å². The zero-order valence-corrected chi connectivity index (χ0v) is 13.7. The zero-order valence-electron chi connectivity index (χ0n) is 13.7. The first kappa shape index (κ1) is 16.2. The number of carbonyl (C=O) groups excluding carboxylic acids is 2. The Morgan fingerprint density at radius 3 is 2.50 bits per heavy atom. The van der Waals surface area contributed by atoms with E-state index in [9.17, 15) is 14.0 Å². The van der Waals surface area contributed by atoms with Crippen molar-refractivity contribution in [3.05, 3.63) is 59.4 Å². The summed E-state index contributed by atoms with van der Waals surface area (Å²) in [6, 6.07) is 11.5. The van der Waals surface area contributed by atoms with Crippen LogP contribution < -0.4 is 10.2 Å². The maximum atomic E-state index is 13.0. The normalized spacial score (nSPS) is 17.2. The Bertz CT molecular complexity index is 786. The first-order valence-corrected chi connectivity index (χ1v) is 7.88. The van der Waals surface area contributed by atoms with Gasteiger partial charge in [0.1, 0.15) is 5.82 Å². The quantitative estimate of drug-likeness (QED) is 0.939. The predicted octanol–water partition coefficient (Wildman–Crippen LogP) is 3.43. The molecule has 5 heteroatoms. The van der Waals surface area contributed by atoms with E-state index in [2.05, 4.69) is 5.32 Å². The predicted molar refractivity (Wildman–Crippen MR) is 91.4 cm³/mol. The number of nitrogens with one attached hydrogen (secondary N) is 1. The summed E-state index contributed by atoms with van der Waals surface area (Å²) >= 11 is 0. The van der Waals surface area contributed by atoms with Gasteiger partial charge < -0.3 is 10.2 Å². The summed E-state index contributed by atoms with van der Waals surface area (Å²) in [7, 11) is 0. The lowest BCUT2D eigenvalue weighted by molar-refractivity contribution is -0.122. The highest BCUT2D eigenvalue weighted by Crippen LogP contribution is 2.26. The van der Waals surface area contributed by atoms with Crippen LogP contribution in [-0.2, 0) is 9.59 Å². The molecule has 1 aliphatic rings. The van der Waals surface area contributed by atoms with Crippen molar-refractivity contribution in [2.45, 2.75) is 20.3 Å². The molecule has 3 rings (SSSR count). The average molecular weight is 326 g/mol. The molecule has 0 radical (unpaired) electrons. The van der Waals surface area contributed by atoms with Crippen molar-refractivity contribution in [1.82, 2.24) is 0 Å². The van der Waals surface area contributed by atoms with Gasteiger partial charge in [-0.2, -0.15) is 0 Å². The largest absolute Gasteiger partial charge is 0.326 e. The molecule has 0 spiro atoms. The summed E-state index contributed by atoms with van der Waals surface area (Å²) < 4.78 is 13.0. The van der Waals surface area contributed by atoms with Crippen molar-refractivity contribution < 1.29 is 14.0 Å². The summed E-state index contributed by atoms with van der Waals surface area (Å²) in [6.07, 6.45) is 0.161. The summed E-state index contributed by atoms with van der Waals surface area (Å²) in [4.78, 5) is 26.1. The maximum Gasteiger partial charge on any atom is 0.229 e. The third-order valence-corrected chi connectivity index (χ3v) is 4.41. The molecule has 124 valence electrons. The van der Waals surface area contributed by atoms with Gasteiger partial charge in [-0.15, -0.1) is 0 Å². The first-order chi connectivity index (χ1) is 11.4. The number of hydrogen-bond acceptors (Lipinski definition) is 2. The SMILES string of the molecule is Cc1ccc(NC(=O)C2CC(=O)N(c3ccc(F)cc3)C2)cc1C. The number of amides is 2. The monoisotopic (exact) mass is 326 g/mol. The minimum absolute atomic E-state index is 0.123. The fraction of sp³-hybridized carbons (Fsp3) is 0.263. The number of nitrogens with zero attached hydrogens (tertiary/aromatic N) is 1. The highest BCUT2D eigenvalue weighted by molar-refractivity contribution is 6.03. The van der Waals surface area contributed by atoms with Crippen LogP contribution in [0.5, 0.6) is 0 Å². The third-order valence-electron chi connectivity index (χ3n) is 4.41. The zero-order chi connectivity index (χ0) is 17.3. The summed E-state index contributed by atoms with van der Waals surface area (Å²) in [5, 5.41) is 2.88. The number of carbonyl (C=O) groups is 2. The summed E-state index contributed by atoms with van der Waals surface area (Å²) in [6.45, 7) is 4.30. The molecule has 1 saturated heterocycles. The van der Waals surface area contributed by atoms with Gasteiger partial charge in [-0.25, -0.2) is 4.39 Å². The van der Waals surface area contributed by atoms with E-state index in [1.807, 2.05) is 32.0 Å². The standard InChI is InChI=1S/C19H19FN2O2/c1-12-3-6-16(9-13(12)2)21-19(24)14-10-18(23)22(11-14)17-7-4-15(20)5-8-17/h3-9,14H,10-11H2,1-2H3,(H,21,24). The van der Waals surface area contributed by atoms with E-state index in [1.54, 1.807) is 12.1 Å². The van der Waals surface area contributed by atoms with Gasteiger partial charge in [0.05, 0.1) is 5.92 Å². The molecule has 0 saturated carbocycles. The van der Waals surface area contributed by atoms with Crippen LogP contribution in [0.4, 0.5) is 15.8 Å². The second-order valence-corrected chi connectivity index (χ2v) is 6.17. The van der Waals surface area contributed by atoms with Gasteiger partial charge in [-0.1, -0.05) is 6.07 Å². The van der Waals surface area contributed by atoms with Gasteiger partial charge in [-0.05, 0) is 61.4 Å².